The second kappa shape index (κ2) is 5.14. The molecule has 4 nitrogen and oxygen atoms in total. The van der Waals surface area contributed by atoms with E-state index < -0.39 is 0 Å². The first-order chi connectivity index (χ1) is 8.50. The van der Waals surface area contributed by atoms with Crippen molar-refractivity contribution in [3.63, 3.8) is 0 Å². The molecule has 0 spiro atoms. The van der Waals surface area contributed by atoms with Gasteiger partial charge in [0.05, 0.1) is 5.69 Å². The van der Waals surface area contributed by atoms with Gasteiger partial charge in [0.2, 0.25) is 5.43 Å². The summed E-state index contributed by atoms with van der Waals surface area (Å²) in [7, 11) is 1.90. The molecule has 1 atom stereocenters. The van der Waals surface area contributed by atoms with Crippen LogP contribution in [-0.4, -0.2) is 27.2 Å². The number of aryl methyl sites for hydroxylation is 1. The molecular formula is C14H22N2O2. The number of aromatic nitrogens is 1. The van der Waals surface area contributed by atoms with Gasteiger partial charge >= 0.3 is 0 Å². The quantitative estimate of drug-likeness (QED) is 0.870. The number of aromatic hydroxyl groups is 1. The van der Waals surface area contributed by atoms with Crippen LogP contribution in [-0.2, 0) is 13.6 Å². The molecule has 1 N–H and O–H groups in total. The van der Waals surface area contributed by atoms with Gasteiger partial charge in [-0.3, -0.25) is 9.69 Å². The Morgan fingerprint density at radius 3 is 2.83 bits per heavy atom. The van der Waals surface area contributed by atoms with Crippen LogP contribution < -0.4 is 5.43 Å². The molecule has 1 unspecified atom stereocenters. The highest BCUT2D eigenvalue weighted by Gasteiger charge is 2.21. The molecule has 1 aromatic heterocycles. The summed E-state index contributed by atoms with van der Waals surface area (Å²) >= 11 is 0. The zero-order chi connectivity index (χ0) is 13.3. The molecule has 0 aliphatic carbocycles. The molecule has 1 saturated heterocycles. The van der Waals surface area contributed by atoms with E-state index in [1.165, 1.54) is 25.3 Å². The molecule has 0 amide bonds. The van der Waals surface area contributed by atoms with E-state index >= 15 is 0 Å². The number of pyridine rings is 1. The molecule has 1 fully saturated rings. The van der Waals surface area contributed by atoms with Gasteiger partial charge in [-0.25, -0.2) is 0 Å². The summed E-state index contributed by atoms with van der Waals surface area (Å²) < 4.78 is 1.91. The second-order valence-corrected chi connectivity index (χ2v) is 5.32. The van der Waals surface area contributed by atoms with Crippen LogP contribution in [0, 0.1) is 6.92 Å². The van der Waals surface area contributed by atoms with Crippen molar-refractivity contribution in [2.75, 3.05) is 6.54 Å². The summed E-state index contributed by atoms with van der Waals surface area (Å²) in [6.07, 6.45) is 3.67. The van der Waals surface area contributed by atoms with Gasteiger partial charge < -0.3 is 9.67 Å². The third-order valence-electron chi connectivity index (χ3n) is 4.07. The van der Waals surface area contributed by atoms with Crippen LogP contribution >= 0.6 is 0 Å². The molecular weight excluding hydrogens is 228 g/mol. The Balaban J connectivity index is 2.31. The first kappa shape index (κ1) is 13.1. The smallest absolute Gasteiger partial charge is 0.223 e. The van der Waals surface area contributed by atoms with E-state index in [2.05, 4.69) is 11.8 Å². The largest absolute Gasteiger partial charge is 0.503 e. The summed E-state index contributed by atoms with van der Waals surface area (Å²) in [5.74, 6) is -0.0964. The second-order valence-electron chi connectivity index (χ2n) is 5.32. The fourth-order valence-electron chi connectivity index (χ4n) is 2.63. The van der Waals surface area contributed by atoms with Gasteiger partial charge in [0.1, 0.15) is 0 Å². The Labute approximate surface area is 108 Å². The van der Waals surface area contributed by atoms with E-state index in [9.17, 15) is 9.90 Å². The number of piperidine rings is 1. The minimum Gasteiger partial charge on any atom is -0.503 e. The van der Waals surface area contributed by atoms with Gasteiger partial charge in [-0.15, -0.1) is 0 Å². The van der Waals surface area contributed by atoms with E-state index in [1.807, 2.05) is 18.5 Å². The van der Waals surface area contributed by atoms with E-state index in [4.69, 9.17) is 0 Å². The average Bonchev–Trinajstić information content (AvgIpc) is 2.34. The van der Waals surface area contributed by atoms with E-state index in [1.54, 1.807) is 0 Å². The molecule has 4 heteroatoms. The summed E-state index contributed by atoms with van der Waals surface area (Å²) in [5, 5.41) is 9.96. The molecule has 0 radical (unpaired) electrons. The zero-order valence-corrected chi connectivity index (χ0v) is 11.4. The molecule has 18 heavy (non-hydrogen) atoms. The maximum atomic E-state index is 11.7. The van der Waals surface area contributed by atoms with Crippen LogP contribution in [0.2, 0.25) is 0 Å². The number of nitrogens with zero attached hydrogens (tertiary/aromatic N) is 2. The molecule has 1 aliphatic rings. The number of hydrogen-bond acceptors (Lipinski definition) is 3. The van der Waals surface area contributed by atoms with Gasteiger partial charge in [0.15, 0.2) is 5.75 Å². The van der Waals surface area contributed by atoms with Gasteiger partial charge in [-0.2, -0.15) is 0 Å². The number of rotatable bonds is 2. The summed E-state index contributed by atoms with van der Waals surface area (Å²) in [5.41, 5.74) is 1.34. The topological polar surface area (TPSA) is 45.5 Å². The molecule has 0 saturated carbocycles. The standard InChI is InChI=1S/C14H22N2O2/c1-10-6-4-5-7-16(10)9-12-14(18)13(17)8-11(2)15(12)3/h8,10,18H,4-7,9H2,1-3H3. The highest BCUT2D eigenvalue weighted by molar-refractivity contribution is 5.29. The summed E-state index contributed by atoms with van der Waals surface area (Å²) in [6.45, 7) is 5.80. The first-order valence-electron chi connectivity index (χ1n) is 6.63. The fraction of sp³-hybridized carbons (Fsp3) is 0.643. The van der Waals surface area contributed by atoms with Crippen molar-refractivity contribution < 1.29 is 5.11 Å². The highest BCUT2D eigenvalue weighted by Crippen LogP contribution is 2.22. The van der Waals surface area contributed by atoms with Crippen molar-refractivity contribution in [3.8, 4) is 5.75 Å². The normalized spacial score (nSPS) is 21.2. The van der Waals surface area contributed by atoms with Crippen molar-refractivity contribution in [1.29, 1.82) is 0 Å². The Kier molecular flexibility index (Phi) is 3.76. The van der Waals surface area contributed by atoms with Gasteiger partial charge in [-0.05, 0) is 33.2 Å². The van der Waals surface area contributed by atoms with E-state index in [0.29, 0.717) is 12.6 Å². The van der Waals surface area contributed by atoms with Gasteiger partial charge in [0.25, 0.3) is 0 Å². The van der Waals surface area contributed by atoms with Crippen LogP contribution in [0.3, 0.4) is 0 Å². The molecule has 2 heterocycles. The Morgan fingerprint density at radius 2 is 2.17 bits per heavy atom. The van der Waals surface area contributed by atoms with Crippen LogP contribution in [0.15, 0.2) is 10.9 Å². The lowest BCUT2D eigenvalue weighted by Gasteiger charge is -2.34. The van der Waals surface area contributed by atoms with Crippen molar-refractivity contribution >= 4 is 0 Å². The Hall–Kier alpha value is -1.29. The Bertz CT molecular complexity index is 493. The van der Waals surface area contributed by atoms with Crippen molar-refractivity contribution in [3.05, 3.63) is 27.7 Å². The molecule has 0 bridgehead atoms. The highest BCUT2D eigenvalue weighted by atomic mass is 16.3. The van der Waals surface area contributed by atoms with Crippen LogP contribution in [0.25, 0.3) is 0 Å². The average molecular weight is 250 g/mol. The first-order valence-corrected chi connectivity index (χ1v) is 6.63. The summed E-state index contributed by atoms with van der Waals surface area (Å²) in [4.78, 5) is 14.0. The minimum absolute atomic E-state index is 0.0964. The van der Waals surface area contributed by atoms with Gasteiger partial charge in [-0.1, -0.05) is 6.42 Å². The SMILES string of the molecule is Cc1cc(=O)c(O)c(CN2CCCCC2C)n1C. The van der Waals surface area contributed by atoms with Crippen molar-refractivity contribution in [2.24, 2.45) is 7.05 Å². The lowest BCUT2D eigenvalue weighted by atomic mass is 10.0. The van der Waals surface area contributed by atoms with Crippen LogP contribution in [0.4, 0.5) is 0 Å². The number of hydrogen-bond donors (Lipinski definition) is 1. The lowest BCUT2D eigenvalue weighted by Crippen LogP contribution is -2.37. The maximum Gasteiger partial charge on any atom is 0.223 e. The third kappa shape index (κ3) is 2.43. The van der Waals surface area contributed by atoms with Gasteiger partial charge in [0, 0.05) is 31.4 Å². The zero-order valence-electron chi connectivity index (χ0n) is 11.4. The van der Waals surface area contributed by atoms with Crippen LogP contribution in [0.1, 0.15) is 37.6 Å². The predicted octanol–water partition coefficient (Wildman–Crippen LogP) is 1.77. The molecule has 1 aromatic rings. The lowest BCUT2D eigenvalue weighted by molar-refractivity contribution is 0.147. The van der Waals surface area contributed by atoms with Crippen molar-refractivity contribution in [2.45, 2.75) is 45.7 Å². The maximum absolute atomic E-state index is 11.7. The molecule has 100 valence electrons. The van der Waals surface area contributed by atoms with Crippen LogP contribution in [0.5, 0.6) is 5.75 Å². The van der Waals surface area contributed by atoms with E-state index in [0.717, 1.165) is 17.9 Å². The third-order valence-corrected chi connectivity index (χ3v) is 4.07. The van der Waals surface area contributed by atoms with E-state index in [-0.39, 0.29) is 11.2 Å². The molecule has 1 aliphatic heterocycles. The monoisotopic (exact) mass is 250 g/mol. The summed E-state index contributed by atoms with van der Waals surface area (Å²) in [6, 6.07) is 2.01. The number of likely N-dealkylation sites (tertiary alicyclic amines) is 1. The minimum atomic E-state index is -0.273. The molecule has 0 aromatic carbocycles. The predicted molar refractivity (Wildman–Crippen MR) is 71.8 cm³/mol. The molecule has 2 rings (SSSR count). The fourth-order valence-corrected chi connectivity index (χ4v) is 2.63. The van der Waals surface area contributed by atoms with Crippen molar-refractivity contribution in [1.82, 2.24) is 9.47 Å². The Morgan fingerprint density at radius 1 is 1.44 bits per heavy atom.